The molecule has 1 aromatic carbocycles. The minimum absolute atomic E-state index is 0.369. The van der Waals surface area contributed by atoms with Gasteiger partial charge in [0.1, 0.15) is 0 Å². The summed E-state index contributed by atoms with van der Waals surface area (Å²) in [5, 5.41) is 2.33. The molecule has 1 aromatic rings. The molecule has 1 heterocycles. The third-order valence-electron chi connectivity index (χ3n) is 2.76. The van der Waals surface area contributed by atoms with E-state index in [1.54, 1.807) is 11.0 Å². The maximum atomic E-state index is 11.7. The van der Waals surface area contributed by atoms with Crippen LogP contribution in [0.2, 0.25) is 0 Å². The van der Waals surface area contributed by atoms with Crippen LogP contribution in [0.15, 0.2) is 36.4 Å². The van der Waals surface area contributed by atoms with Crippen molar-refractivity contribution < 1.29 is 14.3 Å². The molecule has 1 fully saturated rings. The van der Waals surface area contributed by atoms with Crippen molar-refractivity contribution in [1.29, 1.82) is 0 Å². The van der Waals surface area contributed by atoms with Gasteiger partial charge in [0.15, 0.2) is 0 Å². The average Bonchev–Trinajstić information content (AvgIpc) is 2.47. The molecular weight excluding hydrogens is 244 g/mol. The predicted octanol–water partition coefficient (Wildman–Crippen LogP) is 1.27. The molecular formula is C14H16N2O3. The highest BCUT2D eigenvalue weighted by Crippen LogP contribution is 2.01. The number of amides is 3. The van der Waals surface area contributed by atoms with Gasteiger partial charge in [0.05, 0.1) is 13.2 Å². The zero-order valence-corrected chi connectivity index (χ0v) is 10.5. The number of hydrogen-bond donors (Lipinski definition) is 1. The Morgan fingerprint density at radius 2 is 1.84 bits per heavy atom. The number of urea groups is 1. The number of imide groups is 1. The van der Waals surface area contributed by atoms with Gasteiger partial charge in [-0.05, 0) is 11.6 Å². The summed E-state index contributed by atoms with van der Waals surface area (Å²) in [5.41, 5.74) is 0.913. The monoisotopic (exact) mass is 260 g/mol. The molecule has 0 spiro atoms. The van der Waals surface area contributed by atoms with Crippen molar-refractivity contribution in [2.75, 3.05) is 26.3 Å². The Morgan fingerprint density at radius 1 is 1.16 bits per heavy atom. The fourth-order valence-corrected chi connectivity index (χ4v) is 1.73. The molecule has 1 aliphatic rings. The number of rotatable bonds is 2. The van der Waals surface area contributed by atoms with Crippen molar-refractivity contribution in [2.24, 2.45) is 0 Å². The topological polar surface area (TPSA) is 58.6 Å². The zero-order valence-electron chi connectivity index (χ0n) is 10.5. The van der Waals surface area contributed by atoms with Crippen molar-refractivity contribution in [3.05, 3.63) is 42.0 Å². The summed E-state index contributed by atoms with van der Waals surface area (Å²) in [5.74, 6) is -0.416. The molecule has 0 atom stereocenters. The highest BCUT2D eigenvalue weighted by atomic mass is 16.5. The Hall–Kier alpha value is -2.14. The quantitative estimate of drug-likeness (QED) is 0.815. The van der Waals surface area contributed by atoms with Crippen molar-refractivity contribution in [3.63, 3.8) is 0 Å². The van der Waals surface area contributed by atoms with Crippen molar-refractivity contribution in [1.82, 2.24) is 10.2 Å². The van der Waals surface area contributed by atoms with E-state index >= 15 is 0 Å². The summed E-state index contributed by atoms with van der Waals surface area (Å²) < 4.78 is 5.14. The molecule has 1 saturated heterocycles. The minimum atomic E-state index is -0.416. The van der Waals surface area contributed by atoms with E-state index in [9.17, 15) is 9.59 Å². The van der Waals surface area contributed by atoms with Crippen LogP contribution in [0, 0.1) is 0 Å². The largest absolute Gasteiger partial charge is 0.378 e. The summed E-state index contributed by atoms with van der Waals surface area (Å²) in [7, 11) is 0. The normalized spacial score (nSPS) is 15.5. The van der Waals surface area contributed by atoms with Crippen LogP contribution < -0.4 is 5.32 Å². The molecule has 100 valence electrons. The minimum Gasteiger partial charge on any atom is -0.378 e. The lowest BCUT2D eigenvalue weighted by atomic mass is 10.2. The summed E-state index contributed by atoms with van der Waals surface area (Å²) in [6.07, 6.45) is 3.02. The van der Waals surface area contributed by atoms with Gasteiger partial charge < -0.3 is 9.64 Å². The maximum Gasteiger partial charge on any atom is 0.324 e. The molecule has 3 amide bonds. The molecule has 5 nitrogen and oxygen atoms in total. The first-order valence-corrected chi connectivity index (χ1v) is 6.16. The van der Waals surface area contributed by atoms with Gasteiger partial charge in [-0.3, -0.25) is 10.1 Å². The molecule has 0 unspecified atom stereocenters. The molecule has 0 bridgehead atoms. The Labute approximate surface area is 111 Å². The van der Waals surface area contributed by atoms with Gasteiger partial charge in [-0.15, -0.1) is 0 Å². The second-order valence-electron chi connectivity index (χ2n) is 4.14. The van der Waals surface area contributed by atoms with Gasteiger partial charge in [-0.25, -0.2) is 4.79 Å². The van der Waals surface area contributed by atoms with Crippen molar-refractivity contribution >= 4 is 18.0 Å². The molecule has 5 heteroatoms. The van der Waals surface area contributed by atoms with Gasteiger partial charge in [0.2, 0.25) is 0 Å². The van der Waals surface area contributed by atoms with Gasteiger partial charge in [-0.2, -0.15) is 0 Å². The Morgan fingerprint density at radius 3 is 2.53 bits per heavy atom. The number of carbonyl (C=O) groups excluding carboxylic acids is 2. The number of morpholine rings is 1. The second-order valence-corrected chi connectivity index (χ2v) is 4.14. The van der Waals surface area contributed by atoms with Crippen LogP contribution in [0.3, 0.4) is 0 Å². The lowest BCUT2D eigenvalue weighted by Gasteiger charge is -2.26. The number of carbonyl (C=O) groups is 2. The smallest absolute Gasteiger partial charge is 0.324 e. The third kappa shape index (κ3) is 4.22. The van der Waals surface area contributed by atoms with Gasteiger partial charge in [0, 0.05) is 19.2 Å². The van der Waals surface area contributed by atoms with Crippen LogP contribution in [-0.4, -0.2) is 43.1 Å². The zero-order chi connectivity index (χ0) is 13.5. The van der Waals surface area contributed by atoms with Crippen LogP contribution in [0.4, 0.5) is 4.79 Å². The van der Waals surface area contributed by atoms with E-state index in [1.165, 1.54) is 6.08 Å². The number of nitrogens with one attached hydrogen (secondary N) is 1. The van der Waals surface area contributed by atoms with E-state index in [1.807, 2.05) is 30.3 Å². The van der Waals surface area contributed by atoms with E-state index < -0.39 is 5.91 Å². The lowest BCUT2D eigenvalue weighted by molar-refractivity contribution is -0.115. The SMILES string of the molecule is O=C(/C=C/c1ccccc1)NC(=O)N1CCOCC1. The third-order valence-corrected chi connectivity index (χ3v) is 2.76. The summed E-state index contributed by atoms with van der Waals surface area (Å²) in [6, 6.07) is 9.07. The van der Waals surface area contributed by atoms with Crippen LogP contribution >= 0.6 is 0 Å². The number of ether oxygens (including phenoxy) is 1. The number of benzene rings is 1. The van der Waals surface area contributed by atoms with E-state index in [2.05, 4.69) is 5.32 Å². The first-order valence-electron chi connectivity index (χ1n) is 6.16. The molecule has 0 aromatic heterocycles. The lowest BCUT2D eigenvalue weighted by Crippen LogP contribution is -2.47. The fraction of sp³-hybridized carbons (Fsp3) is 0.286. The van der Waals surface area contributed by atoms with Gasteiger partial charge in [0.25, 0.3) is 5.91 Å². The van der Waals surface area contributed by atoms with Crippen molar-refractivity contribution in [2.45, 2.75) is 0 Å². The van der Waals surface area contributed by atoms with E-state index in [4.69, 9.17) is 4.74 Å². The molecule has 2 rings (SSSR count). The first kappa shape index (κ1) is 13.3. The van der Waals surface area contributed by atoms with Crippen LogP contribution in [-0.2, 0) is 9.53 Å². The first-order chi connectivity index (χ1) is 9.25. The molecule has 19 heavy (non-hydrogen) atoms. The van der Waals surface area contributed by atoms with E-state index in [-0.39, 0.29) is 6.03 Å². The number of hydrogen-bond acceptors (Lipinski definition) is 3. The Balaban J connectivity index is 1.83. The molecule has 1 aliphatic heterocycles. The highest BCUT2D eigenvalue weighted by molar-refractivity contribution is 6.02. The highest BCUT2D eigenvalue weighted by Gasteiger charge is 2.17. The van der Waals surface area contributed by atoms with Crippen LogP contribution in [0.25, 0.3) is 6.08 Å². The summed E-state index contributed by atoms with van der Waals surface area (Å²) in [4.78, 5) is 24.9. The molecule has 0 saturated carbocycles. The fourth-order valence-electron chi connectivity index (χ4n) is 1.73. The van der Waals surface area contributed by atoms with Crippen molar-refractivity contribution in [3.8, 4) is 0 Å². The standard InChI is InChI=1S/C14H16N2O3/c17-13(7-6-12-4-2-1-3-5-12)15-14(18)16-8-10-19-11-9-16/h1-7H,8-11H2,(H,15,17,18)/b7-6+. The predicted molar refractivity (Wildman–Crippen MR) is 71.4 cm³/mol. The molecule has 0 radical (unpaired) electrons. The maximum absolute atomic E-state index is 11.7. The number of nitrogens with zero attached hydrogens (tertiary/aromatic N) is 1. The average molecular weight is 260 g/mol. The van der Waals surface area contributed by atoms with E-state index in [0.29, 0.717) is 26.3 Å². The molecule has 1 N–H and O–H groups in total. The Bertz CT molecular complexity index is 465. The van der Waals surface area contributed by atoms with E-state index in [0.717, 1.165) is 5.56 Å². The second kappa shape index (κ2) is 6.70. The molecule has 0 aliphatic carbocycles. The summed E-state index contributed by atoms with van der Waals surface area (Å²) >= 11 is 0. The van der Waals surface area contributed by atoms with Gasteiger partial charge in [-0.1, -0.05) is 30.3 Å². The van der Waals surface area contributed by atoms with Gasteiger partial charge >= 0.3 is 6.03 Å². The van der Waals surface area contributed by atoms with Crippen LogP contribution in [0.1, 0.15) is 5.56 Å². The Kier molecular flexibility index (Phi) is 4.69. The van der Waals surface area contributed by atoms with Crippen LogP contribution in [0.5, 0.6) is 0 Å². The summed E-state index contributed by atoms with van der Waals surface area (Å²) in [6.45, 7) is 2.06.